The van der Waals surface area contributed by atoms with Crippen LogP contribution in [-0.4, -0.2) is 27.2 Å². The van der Waals surface area contributed by atoms with Crippen LogP contribution in [0.1, 0.15) is 10.4 Å². The van der Waals surface area contributed by atoms with E-state index in [4.69, 9.17) is 4.74 Å². The Hall–Kier alpha value is -3.04. The molecular formula is C21H14F4IN3O6P+. The molecule has 36 heavy (non-hydrogen) atoms. The standard InChI is InChI=1S/C21H13F4IN3O6P/c22-15-13(11-6-2-1-3-7-11)16(23)18(25)19(17(15)24)27-20(30)14-12-8-4-5-9-29(12)28-21(14)33-10-34-36(31,32)35-26/h1-9,26H,10H2,(H-,27,30,31,32)/p+1. The summed E-state index contributed by atoms with van der Waals surface area (Å²) in [6.45, 7) is -0.898. The summed E-state index contributed by atoms with van der Waals surface area (Å²) in [5.74, 6) is -8.79. The van der Waals surface area contributed by atoms with Gasteiger partial charge < -0.3 is 10.1 Å². The molecule has 0 aliphatic rings. The van der Waals surface area contributed by atoms with Crippen molar-refractivity contribution in [3.63, 3.8) is 0 Å². The quantitative estimate of drug-likeness (QED) is 0.0990. The predicted molar refractivity (Wildman–Crippen MR) is 114 cm³/mol. The second kappa shape index (κ2) is 10.5. The Morgan fingerprint density at radius 1 is 1.03 bits per heavy atom. The zero-order chi connectivity index (χ0) is 26.0. The van der Waals surface area contributed by atoms with Crippen molar-refractivity contribution in [2.24, 2.45) is 0 Å². The minimum atomic E-state index is -4.43. The third kappa shape index (κ3) is 5.08. The molecule has 2 aromatic heterocycles. The summed E-state index contributed by atoms with van der Waals surface area (Å²) in [4.78, 5) is 22.3. The molecule has 1 atom stereocenters. The van der Waals surface area contributed by atoms with Crippen LogP contribution < -0.4 is 33.1 Å². The number of phosphoric ester groups is 1. The van der Waals surface area contributed by atoms with Gasteiger partial charge in [0.1, 0.15) is 11.3 Å². The van der Waals surface area contributed by atoms with Crippen molar-refractivity contribution < 1.29 is 66.9 Å². The van der Waals surface area contributed by atoms with Crippen molar-refractivity contribution in [2.45, 2.75) is 0 Å². The summed E-state index contributed by atoms with van der Waals surface area (Å²) >= 11 is 0.838. The highest BCUT2D eigenvalue weighted by molar-refractivity contribution is 7.47. The van der Waals surface area contributed by atoms with Gasteiger partial charge in [0, 0.05) is 6.20 Å². The van der Waals surface area contributed by atoms with Crippen LogP contribution in [0.2, 0.25) is 0 Å². The van der Waals surface area contributed by atoms with Gasteiger partial charge >= 0.3 is 30.8 Å². The van der Waals surface area contributed by atoms with E-state index in [0.29, 0.717) is 0 Å². The number of carbonyl (C=O) groups is 1. The van der Waals surface area contributed by atoms with E-state index in [1.54, 1.807) is 12.1 Å². The van der Waals surface area contributed by atoms with Gasteiger partial charge in [-0.3, -0.25) is 9.69 Å². The third-order valence-corrected chi connectivity index (χ3v) is 7.04. The highest BCUT2D eigenvalue weighted by Gasteiger charge is 2.30. The van der Waals surface area contributed by atoms with E-state index >= 15 is 0 Å². The molecule has 0 saturated heterocycles. The fraction of sp³-hybridized carbons (Fsp3) is 0.0476. The van der Waals surface area contributed by atoms with Crippen molar-refractivity contribution in [1.82, 2.24) is 9.61 Å². The van der Waals surface area contributed by atoms with Gasteiger partial charge in [-0.15, -0.1) is 5.10 Å². The molecule has 1 amide bonds. The van der Waals surface area contributed by atoms with Crippen molar-refractivity contribution in [3.8, 4) is 17.0 Å². The summed E-state index contributed by atoms with van der Waals surface area (Å²) in [6.07, 6.45) is 1.40. The first kappa shape index (κ1) is 26.0. The highest BCUT2D eigenvalue weighted by atomic mass is 127. The number of benzene rings is 2. The van der Waals surface area contributed by atoms with E-state index in [2.05, 4.69) is 12.5 Å². The largest absolute Gasteiger partial charge is 0.518 e. The molecule has 2 aromatic carbocycles. The first-order valence-corrected chi connectivity index (χ1v) is 12.2. The van der Waals surface area contributed by atoms with Gasteiger partial charge in [-0.2, -0.15) is 0 Å². The average Bonchev–Trinajstić information content (AvgIpc) is 3.24. The predicted octanol–water partition coefficient (Wildman–Crippen LogP) is 1.48. The molecule has 1 unspecified atom stereocenters. The summed E-state index contributed by atoms with van der Waals surface area (Å²) < 4.78 is 85.7. The molecule has 15 heteroatoms. The van der Waals surface area contributed by atoms with Crippen LogP contribution in [-0.2, 0) is 11.9 Å². The first-order valence-electron chi connectivity index (χ1n) is 9.76. The van der Waals surface area contributed by atoms with Crippen LogP contribution in [0.4, 0.5) is 23.2 Å². The van der Waals surface area contributed by atoms with Gasteiger partial charge in [0.25, 0.3) is 5.91 Å². The van der Waals surface area contributed by atoms with Crippen LogP contribution in [0.3, 0.4) is 0 Å². The van der Waals surface area contributed by atoms with Gasteiger partial charge in [0.15, 0.2) is 23.3 Å². The number of carbonyl (C=O) groups excluding carboxylic acids is 1. The lowest BCUT2D eigenvalue weighted by molar-refractivity contribution is -0.643. The maximum atomic E-state index is 14.8. The van der Waals surface area contributed by atoms with Crippen LogP contribution in [0.5, 0.6) is 5.88 Å². The molecule has 0 bridgehead atoms. The fourth-order valence-corrected chi connectivity index (χ4v) is 3.83. The van der Waals surface area contributed by atoms with Crippen LogP contribution in [0, 0.1) is 23.3 Å². The molecule has 4 aromatic rings. The van der Waals surface area contributed by atoms with E-state index in [0.717, 1.165) is 27.5 Å². The van der Waals surface area contributed by atoms with Crippen LogP contribution in [0.15, 0.2) is 54.7 Å². The monoisotopic (exact) mass is 638 g/mol. The Balaban J connectivity index is 1.71. The molecule has 2 heterocycles. The molecule has 0 spiro atoms. The number of nitrogens with one attached hydrogen (secondary N) is 1. The average molecular weight is 638 g/mol. The lowest BCUT2D eigenvalue weighted by Crippen LogP contribution is -3.33. The lowest BCUT2D eigenvalue weighted by Gasteiger charge is -2.13. The van der Waals surface area contributed by atoms with E-state index in [-0.39, 0.29) is 11.1 Å². The van der Waals surface area contributed by atoms with Gasteiger partial charge in [-0.25, -0.2) is 31.2 Å². The Labute approximate surface area is 213 Å². The minimum Gasteiger partial charge on any atom is -0.448 e. The zero-order valence-electron chi connectivity index (χ0n) is 17.7. The smallest absolute Gasteiger partial charge is 0.448 e. The normalized spacial score (nSPS) is 12.9. The molecule has 0 saturated carbocycles. The van der Waals surface area contributed by atoms with Crippen LogP contribution >= 0.6 is 7.82 Å². The van der Waals surface area contributed by atoms with Gasteiger partial charge in [0.2, 0.25) is 12.7 Å². The van der Waals surface area contributed by atoms with Crippen molar-refractivity contribution in [3.05, 3.63) is 83.6 Å². The Morgan fingerprint density at radius 3 is 2.31 bits per heavy atom. The number of hydrogen-bond donors (Lipinski definition) is 2. The molecular weight excluding hydrogens is 624 g/mol. The van der Waals surface area contributed by atoms with E-state index < -0.39 is 66.5 Å². The van der Waals surface area contributed by atoms with Crippen molar-refractivity contribution in [2.75, 3.05) is 12.1 Å². The molecule has 0 radical (unpaired) electrons. The number of rotatable bonds is 8. The number of ether oxygens (including phenoxy) is 1. The molecule has 0 aliphatic carbocycles. The van der Waals surface area contributed by atoms with E-state index in [1.807, 2.05) is 5.32 Å². The number of aromatic nitrogens is 2. The Bertz CT molecular complexity index is 1480. The minimum absolute atomic E-state index is 0.0760. The maximum Gasteiger partial charge on any atom is 0.518 e. The molecule has 2 N–H and O–H groups in total. The Morgan fingerprint density at radius 2 is 1.67 bits per heavy atom. The highest BCUT2D eigenvalue weighted by Crippen LogP contribution is 2.40. The van der Waals surface area contributed by atoms with Crippen LogP contribution in [0.25, 0.3) is 16.6 Å². The number of nitrogens with zero attached hydrogens (tertiary/aromatic N) is 2. The summed E-state index contributed by atoms with van der Waals surface area (Å²) in [5.41, 5.74) is -2.75. The number of phosphoric acid groups is 1. The SMILES string of the molecule is O=C(Nc1c(F)c(F)c(-c2ccccc2)c(F)c1F)c1c(OCOP(=O)(O)O[IH+])nn2ccccc12. The fourth-order valence-electron chi connectivity index (χ4n) is 3.24. The molecule has 188 valence electrons. The summed E-state index contributed by atoms with van der Waals surface area (Å²) in [5, 5.41) is 5.78. The van der Waals surface area contributed by atoms with E-state index in [1.165, 1.54) is 42.6 Å². The molecule has 0 fully saturated rings. The van der Waals surface area contributed by atoms with Gasteiger partial charge in [-0.05, 0) is 20.5 Å². The van der Waals surface area contributed by atoms with Crippen molar-refractivity contribution in [1.29, 1.82) is 0 Å². The van der Waals surface area contributed by atoms with E-state index in [9.17, 15) is 31.8 Å². The summed E-state index contributed by atoms with van der Waals surface area (Å²) in [7, 11) is -4.43. The number of fused-ring (bicyclic) bond motifs is 1. The lowest BCUT2D eigenvalue weighted by atomic mass is 10.0. The Kier molecular flexibility index (Phi) is 7.61. The molecule has 4 rings (SSSR count). The second-order valence-corrected chi connectivity index (χ2v) is 9.59. The third-order valence-electron chi connectivity index (χ3n) is 4.80. The first-order chi connectivity index (χ1) is 17.1. The molecule has 0 aliphatic heterocycles. The van der Waals surface area contributed by atoms with Crippen molar-refractivity contribution >= 4 is 24.9 Å². The number of halogens is 5. The van der Waals surface area contributed by atoms with Gasteiger partial charge in [0.05, 0.1) is 11.1 Å². The number of amides is 1. The molecule has 9 nitrogen and oxygen atoms in total. The zero-order valence-corrected chi connectivity index (χ0v) is 20.9. The number of hydrogen-bond acceptors (Lipinski definition) is 6. The van der Waals surface area contributed by atoms with Gasteiger partial charge in [-0.1, -0.05) is 36.4 Å². The summed E-state index contributed by atoms with van der Waals surface area (Å²) in [6, 6.07) is 11.4. The number of anilines is 1. The number of pyridine rings is 1. The maximum absolute atomic E-state index is 14.8. The topological polar surface area (TPSA) is 111 Å². The second-order valence-electron chi connectivity index (χ2n) is 6.97.